The molecule has 2 unspecified atom stereocenters. The summed E-state index contributed by atoms with van der Waals surface area (Å²) in [7, 11) is 1.57. The van der Waals surface area contributed by atoms with Gasteiger partial charge in [0.1, 0.15) is 11.8 Å². The van der Waals surface area contributed by atoms with Gasteiger partial charge in [0.05, 0.1) is 7.11 Å². The third-order valence-electron chi connectivity index (χ3n) is 2.82. The van der Waals surface area contributed by atoms with E-state index >= 15 is 0 Å². The van der Waals surface area contributed by atoms with Gasteiger partial charge in [-0.1, -0.05) is 6.07 Å². The molecule has 0 radical (unpaired) electrons. The topological polar surface area (TPSA) is 64.6 Å². The third-order valence-corrected chi connectivity index (χ3v) is 2.82. The van der Waals surface area contributed by atoms with Gasteiger partial charge in [-0.2, -0.15) is 0 Å². The van der Waals surface area contributed by atoms with Crippen LogP contribution in [0.1, 0.15) is 6.92 Å². The maximum absolute atomic E-state index is 11.5. The largest absolute Gasteiger partial charge is 0.497 e. The number of ether oxygens (including phenoxy) is 2. The summed E-state index contributed by atoms with van der Waals surface area (Å²) in [4.78, 5) is 22.8. The van der Waals surface area contributed by atoms with Crippen molar-refractivity contribution in [2.45, 2.75) is 19.1 Å². The van der Waals surface area contributed by atoms with Crippen molar-refractivity contribution >= 4 is 17.3 Å². The Kier molecular flexibility index (Phi) is 3.62. The Morgan fingerprint density at radius 2 is 2.06 bits per heavy atom. The van der Waals surface area contributed by atoms with E-state index in [1.807, 2.05) is 12.1 Å². The number of methoxy groups -OCH3 is 1. The van der Waals surface area contributed by atoms with Gasteiger partial charge < -0.3 is 14.8 Å². The van der Waals surface area contributed by atoms with Gasteiger partial charge in [0.25, 0.3) is 0 Å². The van der Waals surface area contributed by atoms with Crippen molar-refractivity contribution in [3.63, 3.8) is 0 Å². The van der Waals surface area contributed by atoms with Crippen LogP contribution in [0.3, 0.4) is 0 Å². The van der Waals surface area contributed by atoms with E-state index in [1.165, 1.54) is 0 Å². The van der Waals surface area contributed by atoms with Crippen LogP contribution in [-0.2, 0) is 14.3 Å². The molecular formula is C13H15NO4. The van der Waals surface area contributed by atoms with E-state index in [0.29, 0.717) is 12.4 Å². The zero-order valence-corrected chi connectivity index (χ0v) is 10.3. The van der Waals surface area contributed by atoms with Gasteiger partial charge in [0.15, 0.2) is 6.10 Å². The molecule has 1 aliphatic carbocycles. The summed E-state index contributed by atoms with van der Waals surface area (Å²) < 4.78 is 10.3. The normalized spacial score (nSPS) is 22.6. The van der Waals surface area contributed by atoms with E-state index in [2.05, 4.69) is 5.32 Å². The molecule has 0 bridgehead atoms. The van der Waals surface area contributed by atoms with Crippen molar-refractivity contribution in [1.29, 1.82) is 0 Å². The lowest BCUT2D eigenvalue weighted by Crippen LogP contribution is -2.62. The van der Waals surface area contributed by atoms with Crippen LogP contribution in [0.4, 0.5) is 5.69 Å². The van der Waals surface area contributed by atoms with Crippen LogP contribution in [0.15, 0.2) is 24.3 Å². The average Bonchev–Trinajstić information content (AvgIpc) is 2.42. The van der Waals surface area contributed by atoms with E-state index in [1.54, 1.807) is 26.2 Å². The SMILES string of the molecule is CCOC1C(=O)C(=O)C1Nc1cccc(OC)c1. The Labute approximate surface area is 105 Å². The molecule has 0 saturated heterocycles. The number of ketones is 2. The van der Waals surface area contributed by atoms with Gasteiger partial charge in [-0.05, 0) is 19.1 Å². The molecule has 18 heavy (non-hydrogen) atoms. The molecule has 1 saturated carbocycles. The van der Waals surface area contributed by atoms with E-state index in [0.717, 1.165) is 5.69 Å². The third kappa shape index (κ3) is 2.22. The summed E-state index contributed by atoms with van der Waals surface area (Å²) in [5, 5.41) is 2.99. The Bertz CT molecular complexity index is 472. The van der Waals surface area contributed by atoms with Crippen LogP contribution < -0.4 is 10.1 Å². The van der Waals surface area contributed by atoms with Crippen molar-refractivity contribution < 1.29 is 19.1 Å². The lowest BCUT2D eigenvalue weighted by molar-refractivity contribution is -0.156. The van der Waals surface area contributed by atoms with Crippen molar-refractivity contribution in [3.8, 4) is 5.75 Å². The van der Waals surface area contributed by atoms with Gasteiger partial charge in [0.2, 0.25) is 11.6 Å². The molecule has 1 aromatic rings. The lowest BCUT2D eigenvalue weighted by Gasteiger charge is -2.33. The number of carbonyl (C=O) groups excluding carboxylic acids is 2. The van der Waals surface area contributed by atoms with Crippen molar-refractivity contribution in [1.82, 2.24) is 0 Å². The summed E-state index contributed by atoms with van der Waals surface area (Å²) in [6, 6.07) is 6.59. The number of benzene rings is 1. The highest BCUT2D eigenvalue weighted by Crippen LogP contribution is 2.23. The highest BCUT2D eigenvalue weighted by molar-refractivity contribution is 6.49. The first-order valence-electron chi connectivity index (χ1n) is 5.77. The molecule has 96 valence electrons. The number of nitrogens with one attached hydrogen (secondary N) is 1. The summed E-state index contributed by atoms with van der Waals surface area (Å²) in [5.41, 5.74) is 0.727. The first kappa shape index (κ1) is 12.6. The second-order valence-corrected chi connectivity index (χ2v) is 3.96. The minimum Gasteiger partial charge on any atom is -0.497 e. The molecule has 2 rings (SSSR count). The van der Waals surface area contributed by atoms with Crippen LogP contribution in [0, 0.1) is 0 Å². The molecule has 1 fully saturated rings. The van der Waals surface area contributed by atoms with Crippen LogP contribution >= 0.6 is 0 Å². The smallest absolute Gasteiger partial charge is 0.231 e. The van der Waals surface area contributed by atoms with Gasteiger partial charge in [-0.25, -0.2) is 0 Å². The molecule has 2 atom stereocenters. The van der Waals surface area contributed by atoms with E-state index < -0.39 is 23.7 Å². The Hall–Kier alpha value is -1.88. The number of rotatable bonds is 5. The van der Waals surface area contributed by atoms with E-state index in [9.17, 15) is 9.59 Å². The molecule has 0 spiro atoms. The molecule has 0 aromatic heterocycles. The highest BCUT2D eigenvalue weighted by Gasteiger charge is 2.50. The molecule has 5 nitrogen and oxygen atoms in total. The van der Waals surface area contributed by atoms with Crippen LogP contribution in [-0.4, -0.2) is 37.4 Å². The molecule has 1 N–H and O–H groups in total. The van der Waals surface area contributed by atoms with Crippen LogP contribution in [0.5, 0.6) is 5.75 Å². The van der Waals surface area contributed by atoms with Gasteiger partial charge in [0, 0.05) is 18.4 Å². The molecule has 0 heterocycles. The zero-order valence-electron chi connectivity index (χ0n) is 10.3. The standard InChI is InChI=1S/C13H15NO4/c1-3-18-13-10(11(15)12(13)16)14-8-5-4-6-9(7-8)17-2/h4-7,10,13-14H,3H2,1-2H3. The first-order chi connectivity index (χ1) is 8.67. The first-order valence-corrected chi connectivity index (χ1v) is 5.77. The van der Waals surface area contributed by atoms with Crippen molar-refractivity contribution in [2.24, 2.45) is 0 Å². The highest BCUT2D eigenvalue weighted by atomic mass is 16.5. The number of hydrogen-bond acceptors (Lipinski definition) is 5. The van der Waals surface area contributed by atoms with Crippen LogP contribution in [0.25, 0.3) is 0 Å². The molecule has 0 amide bonds. The Morgan fingerprint density at radius 1 is 1.28 bits per heavy atom. The maximum Gasteiger partial charge on any atom is 0.231 e. The monoisotopic (exact) mass is 249 g/mol. The minimum atomic E-state index is -0.672. The minimum absolute atomic E-state index is 0.403. The fourth-order valence-electron chi connectivity index (χ4n) is 1.87. The maximum atomic E-state index is 11.5. The summed E-state index contributed by atoms with van der Waals surface area (Å²) in [6.45, 7) is 2.19. The van der Waals surface area contributed by atoms with Crippen LogP contribution in [0.2, 0.25) is 0 Å². The predicted octanol–water partition coefficient (Wildman–Crippen LogP) is 1.03. The fraction of sp³-hybridized carbons (Fsp3) is 0.385. The average molecular weight is 249 g/mol. The molecular weight excluding hydrogens is 234 g/mol. The number of anilines is 1. The van der Waals surface area contributed by atoms with Gasteiger partial charge in [-0.15, -0.1) is 0 Å². The Balaban J connectivity index is 2.08. The molecule has 0 aliphatic heterocycles. The summed E-state index contributed by atoms with van der Waals surface area (Å²) in [6.07, 6.45) is -0.672. The second-order valence-electron chi connectivity index (χ2n) is 3.96. The second kappa shape index (κ2) is 5.18. The number of hydrogen-bond donors (Lipinski definition) is 1. The summed E-state index contributed by atoms with van der Waals surface area (Å²) >= 11 is 0. The number of carbonyl (C=O) groups is 2. The van der Waals surface area contributed by atoms with Crippen molar-refractivity contribution in [2.75, 3.05) is 19.0 Å². The van der Waals surface area contributed by atoms with Gasteiger partial charge >= 0.3 is 0 Å². The zero-order chi connectivity index (χ0) is 13.1. The molecule has 5 heteroatoms. The fourth-order valence-corrected chi connectivity index (χ4v) is 1.87. The van der Waals surface area contributed by atoms with E-state index in [4.69, 9.17) is 9.47 Å². The van der Waals surface area contributed by atoms with Gasteiger partial charge in [-0.3, -0.25) is 9.59 Å². The molecule has 1 aromatic carbocycles. The number of Topliss-reactive ketones (excluding diaryl/α,β-unsaturated/α-hetero) is 2. The molecule has 1 aliphatic rings. The predicted molar refractivity (Wildman–Crippen MR) is 65.8 cm³/mol. The van der Waals surface area contributed by atoms with Crippen molar-refractivity contribution in [3.05, 3.63) is 24.3 Å². The Morgan fingerprint density at radius 3 is 2.72 bits per heavy atom. The van der Waals surface area contributed by atoms with E-state index in [-0.39, 0.29) is 0 Å². The lowest BCUT2D eigenvalue weighted by atomic mass is 9.85. The quantitative estimate of drug-likeness (QED) is 0.790. The summed E-state index contributed by atoms with van der Waals surface area (Å²) in [5.74, 6) is -0.209.